The van der Waals surface area contributed by atoms with Crippen LogP contribution in [0.25, 0.3) is 0 Å². The van der Waals surface area contributed by atoms with Gasteiger partial charge in [-0.2, -0.15) is 0 Å². The maximum absolute atomic E-state index is 10.4. The van der Waals surface area contributed by atoms with Crippen LogP contribution in [0.5, 0.6) is 0 Å². The molecular formula is C20H28O3. The first kappa shape index (κ1) is 15.5. The maximum atomic E-state index is 10.4. The third-order valence-electron chi connectivity index (χ3n) is 7.45. The first-order chi connectivity index (χ1) is 10.9. The van der Waals surface area contributed by atoms with Gasteiger partial charge in [0.2, 0.25) is 0 Å². The molecular weight excluding hydrogens is 288 g/mol. The van der Waals surface area contributed by atoms with Gasteiger partial charge >= 0.3 is 0 Å². The minimum absolute atomic E-state index is 0.0263. The van der Waals surface area contributed by atoms with E-state index in [1.807, 2.05) is 12.2 Å². The molecule has 3 heteroatoms. The summed E-state index contributed by atoms with van der Waals surface area (Å²) in [5, 5.41) is 20.5. The smallest absolute Gasteiger partial charge is 0.0944 e. The molecule has 0 unspecified atom stereocenters. The van der Waals surface area contributed by atoms with Gasteiger partial charge in [0.05, 0.1) is 18.0 Å². The lowest BCUT2D eigenvalue weighted by molar-refractivity contribution is -0.0767. The standard InChI is InChI=1S/C20H28O3/c1-19-8-6-13(21)10-12(19)11-16(23-3)18-14-4-5-17(22)20(14,2)9-7-15(18)19/h5-6,8,11,13-16,18,21-22H,4,7,9-10H2,1-3H3/t13-,14-,15-,16-,18-,19-,20-/m0/s1. The van der Waals surface area contributed by atoms with E-state index in [1.165, 1.54) is 5.57 Å². The van der Waals surface area contributed by atoms with E-state index in [9.17, 15) is 10.2 Å². The number of ether oxygens (including phenoxy) is 1. The van der Waals surface area contributed by atoms with Crippen molar-refractivity contribution in [2.24, 2.45) is 28.6 Å². The fraction of sp³-hybridized carbons (Fsp3) is 0.700. The number of hydrogen-bond acceptors (Lipinski definition) is 3. The zero-order chi connectivity index (χ0) is 16.4. The van der Waals surface area contributed by atoms with Crippen LogP contribution < -0.4 is 0 Å². The van der Waals surface area contributed by atoms with Crippen molar-refractivity contribution in [3.63, 3.8) is 0 Å². The van der Waals surface area contributed by atoms with Crippen LogP contribution in [0.3, 0.4) is 0 Å². The normalized spacial score (nSPS) is 51.4. The van der Waals surface area contributed by atoms with Gasteiger partial charge in [-0.3, -0.25) is 0 Å². The van der Waals surface area contributed by atoms with Crippen LogP contribution in [0.1, 0.15) is 39.5 Å². The number of fused-ring (bicyclic) bond motifs is 5. The predicted molar refractivity (Wildman–Crippen MR) is 89.9 cm³/mol. The average Bonchev–Trinajstić information content (AvgIpc) is 2.83. The molecule has 0 saturated heterocycles. The summed E-state index contributed by atoms with van der Waals surface area (Å²) < 4.78 is 5.89. The largest absolute Gasteiger partial charge is 0.512 e. The molecule has 0 amide bonds. The molecule has 0 aliphatic heterocycles. The van der Waals surface area contributed by atoms with Crippen molar-refractivity contribution in [3.05, 3.63) is 35.6 Å². The van der Waals surface area contributed by atoms with Gasteiger partial charge in [-0.15, -0.1) is 0 Å². The zero-order valence-electron chi connectivity index (χ0n) is 14.3. The van der Waals surface area contributed by atoms with Gasteiger partial charge in [0.15, 0.2) is 0 Å². The molecule has 0 spiro atoms. The highest BCUT2D eigenvalue weighted by atomic mass is 16.5. The molecule has 4 aliphatic carbocycles. The first-order valence-corrected chi connectivity index (χ1v) is 8.91. The van der Waals surface area contributed by atoms with Crippen molar-refractivity contribution >= 4 is 0 Å². The minimum Gasteiger partial charge on any atom is -0.512 e. The van der Waals surface area contributed by atoms with E-state index in [2.05, 4.69) is 26.0 Å². The molecule has 0 aromatic rings. The fourth-order valence-corrected chi connectivity index (χ4v) is 5.98. The molecule has 0 aromatic heterocycles. The van der Waals surface area contributed by atoms with Crippen LogP contribution in [-0.4, -0.2) is 29.5 Å². The van der Waals surface area contributed by atoms with E-state index >= 15 is 0 Å². The summed E-state index contributed by atoms with van der Waals surface area (Å²) in [5.74, 6) is 1.98. The highest BCUT2D eigenvalue weighted by molar-refractivity contribution is 5.35. The Morgan fingerprint density at radius 3 is 2.78 bits per heavy atom. The molecule has 7 atom stereocenters. The highest BCUT2D eigenvalue weighted by Gasteiger charge is 2.58. The monoisotopic (exact) mass is 316 g/mol. The second-order valence-electron chi connectivity index (χ2n) is 8.38. The van der Waals surface area contributed by atoms with Gasteiger partial charge in [0.1, 0.15) is 0 Å². The van der Waals surface area contributed by atoms with Crippen LogP contribution in [0.15, 0.2) is 35.6 Å². The fourth-order valence-electron chi connectivity index (χ4n) is 5.98. The average molecular weight is 316 g/mol. The summed E-state index contributed by atoms with van der Waals surface area (Å²) in [6.45, 7) is 4.55. The van der Waals surface area contributed by atoms with Crippen LogP contribution in [0.4, 0.5) is 0 Å². The van der Waals surface area contributed by atoms with Crippen molar-refractivity contribution in [2.75, 3.05) is 7.11 Å². The second kappa shape index (κ2) is 4.97. The molecule has 0 radical (unpaired) electrons. The summed E-state index contributed by atoms with van der Waals surface area (Å²) in [7, 11) is 1.80. The van der Waals surface area contributed by atoms with Gasteiger partial charge < -0.3 is 14.9 Å². The molecule has 4 rings (SSSR count). The molecule has 0 heterocycles. The summed E-state index contributed by atoms with van der Waals surface area (Å²) in [4.78, 5) is 0. The number of aliphatic hydroxyl groups is 2. The predicted octanol–water partition coefficient (Wildman–Crippen LogP) is 3.76. The lowest BCUT2D eigenvalue weighted by atomic mass is 9.48. The Morgan fingerprint density at radius 1 is 1.26 bits per heavy atom. The Labute approximate surface area is 138 Å². The molecule has 23 heavy (non-hydrogen) atoms. The molecule has 2 N–H and O–H groups in total. The summed E-state index contributed by atoms with van der Waals surface area (Å²) in [6.07, 6.45) is 12.1. The molecule has 0 aromatic carbocycles. The molecule has 1 fully saturated rings. The van der Waals surface area contributed by atoms with Crippen LogP contribution in [0, 0.1) is 28.6 Å². The quantitative estimate of drug-likeness (QED) is 0.724. The SMILES string of the molecule is CO[C@H]1C=C2C[C@@H](O)C=C[C@]2(C)[C@H]2CC[C@]3(C)C(O)=CC[C@H]3[C@H]12. The van der Waals surface area contributed by atoms with E-state index in [-0.39, 0.29) is 23.0 Å². The van der Waals surface area contributed by atoms with Crippen LogP contribution in [-0.2, 0) is 4.74 Å². The van der Waals surface area contributed by atoms with Gasteiger partial charge in [-0.05, 0) is 49.5 Å². The van der Waals surface area contributed by atoms with Crippen molar-refractivity contribution in [3.8, 4) is 0 Å². The molecule has 0 bridgehead atoms. The maximum Gasteiger partial charge on any atom is 0.0944 e. The van der Waals surface area contributed by atoms with E-state index in [0.717, 1.165) is 25.7 Å². The van der Waals surface area contributed by atoms with Crippen LogP contribution in [0.2, 0.25) is 0 Å². The Hall–Kier alpha value is -1.06. The minimum atomic E-state index is -0.366. The number of aliphatic hydroxyl groups excluding tert-OH is 2. The van der Waals surface area contributed by atoms with Gasteiger partial charge in [0, 0.05) is 17.9 Å². The third-order valence-corrected chi connectivity index (χ3v) is 7.45. The van der Waals surface area contributed by atoms with Crippen molar-refractivity contribution in [2.45, 2.75) is 51.7 Å². The Morgan fingerprint density at radius 2 is 2.04 bits per heavy atom. The van der Waals surface area contributed by atoms with Gasteiger partial charge in [0.25, 0.3) is 0 Å². The van der Waals surface area contributed by atoms with Crippen molar-refractivity contribution in [1.29, 1.82) is 0 Å². The Kier molecular flexibility index (Phi) is 3.34. The number of rotatable bonds is 1. The lowest BCUT2D eigenvalue weighted by Crippen LogP contribution is -2.53. The van der Waals surface area contributed by atoms with E-state index < -0.39 is 0 Å². The molecule has 1 saturated carbocycles. The first-order valence-electron chi connectivity index (χ1n) is 8.91. The summed E-state index contributed by atoms with van der Waals surface area (Å²) >= 11 is 0. The van der Waals surface area contributed by atoms with E-state index in [0.29, 0.717) is 23.5 Å². The van der Waals surface area contributed by atoms with Gasteiger partial charge in [-0.25, -0.2) is 0 Å². The van der Waals surface area contributed by atoms with Crippen molar-refractivity contribution in [1.82, 2.24) is 0 Å². The van der Waals surface area contributed by atoms with Crippen molar-refractivity contribution < 1.29 is 14.9 Å². The Bertz CT molecular complexity index is 604. The Balaban J connectivity index is 1.78. The molecule has 126 valence electrons. The summed E-state index contributed by atoms with van der Waals surface area (Å²) in [5.41, 5.74) is 1.27. The third kappa shape index (κ3) is 1.96. The summed E-state index contributed by atoms with van der Waals surface area (Å²) in [6, 6.07) is 0. The van der Waals surface area contributed by atoms with E-state index in [1.54, 1.807) is 7.11 Å². The highest BCUT2D eigenvalue weighted by Crippen LogP contribution is 2.63. The molecule has 4 aliphatic rings. The number of hydrogen-bond donors (Lipinski definition) is 2. The number of methoxy groups -OCH3 is 1. The number of allylic oxidation sites excluding steroid dienone is 3. The lowest BCUT2D eigenvalue weighted by Gasteiger charge is -2.57. The topological polar surface area (TPSA) is 49.7 Å². The van der Waals surface area contributed by atoms with Gasteiger partial charge in [-0.1, -0.05) is 37.6 Å². The van der Waals surface area contributed by atoms with Crippen LogP contribution >= 0.6 is 0 Å². The molecule has 3 nitrogen and oxygen atoms in total. The second-order valence-corrected chi connectivity index (χ2v) is 8.38. The zero-order valence-corrected chi connectivity index (χ0v) is 14.3. The van der Waals surface area contributed by atoms with E-state index in [4.69, 9.17) is 4.74 Å².